The van der Waals surface area contributed by atoms with Crippen LogP contribution in [0.3, 0.4) is 0 Å². The molecule has 0 radical (unpaired) electrons. The van der Waals surface area contributed by atoms with E-state index in [9.17, 15) is 9.90 Å². The average Bonchev–Trinajstić information content (AvgIpc) is 2.84. The van der Waals surface area contributed by atoms with E-state index in [1.54, 1.807) is 0 Å². The van der Waals surface area contributed by atoms with Gasteiger partial charge in [-0.25, -0.2) is 0 Å². The molecule has 1 fully saturated rings. The summed E-state index contributed by atoms with van der Waals surface area (Å²) in [6.45, 7) is 4.49. The summed E-state index contributed by atoms with van der Waals surface area (Å²) in [5, 5.41) is 17.2. The highest BCUT2D eigenvalue weighted by molar-refractivity contribution is 5.96. The van der Waals surface area contributed by atoms with Gasteiger partial charge >= 0.3 is 0 Å². The van der Waals surface area contributed by atoms with Crippen LogP contribution in [-0.4, -0.2) is 32.9 Å². The van der Waals surface area contributed by atoms with E-state index in [0.29, 0.717) is 12.1 Å². The number of hydrogen-bond acceptors (Lipinski definition) is 3. The Morgan fingerprint density at radius 3 is 2.54 bits per heavy atom. The van der Waals surface area contributed by atoms with E-state index in [0.717, 1.165) is 42.6 Å². The number of amides is 1. The Balaban J connectivity index is 1.72. The number of hydrogen-bond donors (Lipinski definition) is 2. The van der Waals surface area contributed by atoms with E-state index in [-0.39, 0.29) is 18.1 Å². The van der Waals surface area contributed by atoms with Crippen LogP contribution in [0.2, 0.25) is 0 Å². The van der Waals surface area contributed by atoms with Crippen LogP contribution in [0.5, 0.6) is 0 Å². The van der Waals surface area contributed by atoms with Crippen LogP contribution in [0.15, 0.2) is 30.3 Å². The third-order valence-corrected chi connectivity index (χ3v) is 4.82. The minimum atomic E-state index is -0.213. The molecule has 128 valence electrons. The highest BCUT2D eigenvalue weighted by Gasteiger charge is 2.24. The topological polar surface area (TPSA) is 67.2 Å². The third kappa shape index (κ3) is 3.67. The van der Waals surface area contributed by atoms with Gasteiger partial charge in [-0.1, -0.05) is 30.3 Å². The molecule has 1 aromatic heterocycles. The number of aliphatic hydroxyl groups excluding tert-OH is 1. The molecule has 2 aromatic rings. The number of nitrogens with zero attached hydrogens (tertiary/aromatic N) is 2. The molecule has 0 aliphatic heterocycles. The Morgan fingerprint density at radius 2 is 1.88 bits per heavy atom. The largest absolute Gasteiger partial charge is 0.393 e. The molecule has 0 atom stereocenters. The van der Waals surface area contributed by atoms with E-state index >= 15 is 0 Å². The Labute approximate surface area is 142 Å². The highest BCUT2D eigenvalue weighted by Crippen LogP contribution is 2.20. The van der Waals surface area contributed by atoms with Gasteiger partial charge in [0, 0.05) is 11.7 Å². The van der Waals surface area contributed by atoms with E-state index in [2.05, 4.69) is 22.5 Å². The van der Waals surface area contributed by atoms with Gasteiger partial charge < -0.3 is 10.4 Å². The zero-order valence-corrected chi connectivity index (χ0v) is 14.3. The van der Waals surface area contributed by atoms with Crippen molar-refractivity contribution in [3.8, 4) is 0 Å². The second-order valence-electron chi connectivity index (χ2n) is 6.67. The summed E-state index contributed by atoms with van der Waals surface area (Å²) in [6.07, 6.45) is 2.98. The zero-order chi connectivity index (χ0) is 17.1. The van der Waals surface area contributed by atoms with Crippen molar-refractivity contribution >= 4 is 5.91 Å². The number of aromatic nitrogens is 2. The molecule has 1 aliphatic carbocycles. The molecular formula is C19H25N3O2. The third-order valence-electron chi connectivity index (χ3n) is 4.82. The maximum absolute atomic E-state index is 12.7. The number of aliphatic hydroxyl groups is 1. The lowest BCUT2D eigenvalue weighted by Crippen LogP contribution is -2.39. The monoisotopic (exact) mass is 327 g/mol. The fourth-order valence-corrected chi connectivity index (χ4v) is 3.41. The quantitative estimate of drug-likeness (QED) is 0.907. The summed E-state index contributed by atoms with van der Waals surface area (Å²) in [7, 11) is 0. The molecule has 1 saturated carbocycles. The summed E-state index contributed by atoms with van der Waals surface area (Å²) in [5.41, 5.74) is 3.50. The lowest BCUT2D eigenvalue weighted by molar-refractivity contribution is 0.0866. The number of aryl methyl sites for hydroxylation is 1. The predicted octanol–water partition coefficient (Wildman–Crippen LogP) is 2.58. The van der Waals surface area contributed by atoms with Crippen molar-refractivity contribution in [3.05, 3.63) is 52.8 Å². The summed E-state index contributed by atoms with van der Waals surface area (Å²) >= 11 is 0. The molecule has 5 nitrogen and oxygen atoms in total. The van der Waals surface area contributed by atoms with Crippen molar-refractivity contribution in [2.24, 2.45) is 0 Å². The summed E-state index contributed by atoms with van der Waals surface area (Å²) < 4.78 is 1.89. The first kappa shape index (κ1) is 16.7. The minimum absolute atomic E-state index is 0.0503. The second-order valence-corrected chi connectivity index (χ2v) is 6.67. The Hall–Kier alpha value is -2.14. The van der Waals surface area contributed by atoms with Crippen LogP contribution < -0.4 is 5.32 Å². The molecule has 1 aromatic carbocycles. The van der Waals surface area contributed by atoms with Gasteiger partial charge in [0.25, 0.3) is 5.91 Å². The van der Waals surface area contributed by atoms with Crippen molar-refractivity contribution in [2.75, 3.05) is 0 Å². The van der Waals surface area contributed by atoms with E-state index in [4.69, 9.17) is 0 Å². The summed E-state index contributed by atoms with van der Waals surface area (Å²) in [5.74, 6) is -0.0503. The van der Waals surface area contributed by atoms with Gasteiger partial charge in [0.05, 0.1) is 23.9 Å². The maximum Gasteiger partial charge on any atom is 0.255 e. The molecular weight excluding hydrogens is 302 g/mol. The van der Waals surface area contributed by atoms with Crippen LogP contribution in [0, 0.1) is 13.8 Å². The molecule has 1 aliphatic rings. The van der Waals surface area contributed by atoms with Crippen LogP contribution in [0.4, 0.5) is 0 Å². The molecule has 3 rings (SSSR count). The predicted molar refractivity (Wildman–Crippen MR) is 93.0 cm³/mol. The van der Waals surface area contributed by atoms with Crippen LogP contribution in [-0.2, 0) is 6.54 Å². The van der Waals surface area contributed by atoms with Gasteiger partial charge in [0.1, 0.15) is 0 Å². The zero-order valence-electron chi connectivity index (χ0n) is 14.3. The summed E-state index contributed by atoms with van der Waals surface area (Å²) in [4.78, 5) is 12.7. The van der Waals surface area contributed by atoms with Crippen molar-refractivity contribution < 1.29 is 9.90 Å². The highest BCUT2D eigenvalue weighted by atomic mass is 16.3. The molecule has 0 spiro atoms. The number of carbonyl (C=O) groups excluding carboxylic acids is 1. The number of carbonyl (C=O) groups is 1. The second kappa shape index (κ2) is 7.18. The van der Waals surface area contributed by atoms with Crippen molar-refractivity contribution in [1.29, 1.82) is 0 Å². The van der Waals surface area contributed by atoms with Gasteiger partial charge in [-0.15, -0.1) is 0 Å². The number of nitrogens with one attached hydrogen (secondary N) is 1. The summed E-state index contributed by atoms with van der Waals surface area (Å²) in [6, 6.07) is 10.3. The van der Waals surface area contributed by atoms with Gasteiger partial charge in [-0.2, -0.15) is 5.10 Å². The number of benzene rings is 1. The Kier molecular flexibility index (Phi) is 5.00. The number of rotatable bonds is 4. The van der Waals surface area contributed by atoms with Gasteiger partial charge in [-0.3, -0.25) is 9.48 Å². The molecule has 2 N–H and O–H groups in total. The maximum atomic E-state index is 12.7. The normalized spacial score (nSPS) is 20.8. The van der Waals surface area contributed by atoms with Crippen LogP contribution >= 0.6 is 0 Å². The molecule has 5 heteroatoms. The van der Waals surface area contributed by atoms with Gasteiger partial charge in [-0.05, 0) is 45.1 Å². The molecule has 0 saturated heterocycles. The smallest absolute Gasteiger partial charge is 0.255 e. The van der Waals surface area contributed by atoms with Gasteiger partial charge in [0.15, 0.2) is 0 Å². The van der Waals surface area contributed by atoms with Gasteiger partial charge in [0.2, 0.25) is 0 Å². The standard InChI is InChI=1S/C19H25N3O2/c1-13-18(19(24)20-16-8-10-17(23)11-9-16)14(2)22(21-13)12-15-6-4-3-5-7-15/h3-7,16-17,23H,8-12H2,1-2H3,(H,20,24). The Bertz CT molecular complexity index is 701. The molecule has 1 heterocycles. The van der Waals surface area contributed by atoms with Crippen LogP contribution in [0.1, 0.15) is 53.0 Å². The molecule has 1 amide bonds. The van der Waals surface area contributed by atoms with E-state index in [1.807, 2.05) is 36.7 Å². The lowest BCUT2D eigenvalue weighted by Gasteiger charge is -2.26. The van der Waals surface area contributed by atoms with Crippen LogP contribution in [0.25, 0.3) is 0 Å². The molecule has 0 bridgehead atoms. The molecule has 24 heavy (non-hydrogen) atoms. The first-order valence-electron chi connectivity index (χ1n) is 8.61. The van der Waals surface area contributed by atoms with Crippen molar-refractivity contribution in [2.45, 2.75) is 58.2 Å². The van der Waals surface area contributed by atoms with E-state index < -0.39 is 0 Å². The first-order valence-corrected chi connectivity index (χ1v) is 8.61. The fraction of sp³-hybridized carbons (Fsp3) is 0.474. The van der Waals surface area contributed by atoms with E-state index in [1.165, 1.54) is 0 Å². The first-order chi connectivity index (χ1) is 11.5. The molecule has 0 unspecified atom stereocenters. The SMILES string of the molecule is Cc1nn(Cc2ccccc2)c(C)c1C(=O)NC1CCC(O)CC1. The fourth-order valence-electron chi connectivity index (χ4n) is 3.41. The average molecular weight is 327 g/mol. The van der Waals surface area contributed by atoms with Crippen molar-refractivity contribution in [1.82, 2.24) is 15.1 Å². The lowest BCUT2D eigenvalue weighted by atomic mass is 9.93. The minimum Gasteiger partial charge on any atom is -0.393 e. The Morgan fingerprint density at radius 1 is 1.21 bits per heavy atom. The van der Waals surface area contributed by atoms with Crippen molar-refractivity contribution in [3.63, 3.8) is 0 Å².